The standard InChI is InChI=1S/C22H26N2O6S/c1-22(2,3)30-21(27)23-17(14-25)20(26)19-13-15-9-7-8-12-18(15)24(19)31(28,29)16-10-5-4-6-11-16/h4-13,17,20,25-26H,14H2,1-3H3,(H,23,27)/t17-,20+/m0/s1. The number of benzene rings is 2. The number of nitrogens with one attached hydrogen (secondary N) is 1. The Labute approximate surface area is 181 Å². The van der Waals surface area contributed by atoms with Gasteiger partial charge in [-0.2, -0.15) is 0 Å². The van der Waals surface area contributed by atoms with Gasteiger partial charge in [0, 0.05) is 5.39 Å². The second-order valence-corrected chi connectivity index (χ2v) is 9.88. The van der Waals surface area contributed by atoms with Crippen LogP contribution in [0.1, 0.15) is 32.6 Å². The Bertz CT molecular complexity index is 1170. The van der Waals surface area contributed by atoms with Crippen LogP contribution >= 0.6 is 0 Å². The van der Waals surface area contributed by atoms with Gasteiger partial charge in [-0.15, -0.1) is 0 Å². The van der Waals surface area contributed by atoms with Crippen LogP contribution in [0.2, 0.25) is 0 Å². The summed E-state index contributed by atoms with van der Waals surface area (Å²) in [6.45, 7) is 4.41. The number of alkyl carbamates (subject to hydrolysis) is 1. The molecule has 3 rings (SSSR count). The lowest BCUT2D eigenvalue weighted by atomic mass is 10.1. The van der Waals surface area contributed by atoms with Gasteiger partial charge in [-0.25, -0.2) is 17.2 Å². The third-order valence-corrected chi connectivity index (χ3v) is 6.31. The average molecular weight is 447 g/mol. The minimum Gasteiger partial charge on any atom is -0.444 e. The fourth-order valence-corrected chi connectivity index (χ4v) is 4.79. The summed E-state index contributed by atoms with van der Waals surface area (Å²) in [6, 6.07) is 15.0. The molecule has 8 nitrogen and oxygen atoms in total. The number of rotatable bonds is 6. The number of aromatic nitrogens is 1. The molecule has 1 aromatic heterocycles. The van der Waals surface area contributed by atoms with E-state index in [0.29, 0.717) is 10.9 Å². The van der Waals surface area contributed by atoms with E-state index in [1.54, 1.807) is 63.2 Å². The number of amides is 1. The van der Waals surface area contributed by atoms with E-state index in [2.05, 4.69) is 5.32 Å². The highest BCUT2D eigenvalue weighted by Crippen LogP contribution is 2.30. The summed E-state index contributed by atoms with van der Waals surface area (Å²) in [7, 11) is -4.07. The molecule has 0 aliphatic heterocycles. The molecular weight excluding hydrogens is 420 g/mol. The predicted octanol–water partition coefficient (Wildman–Crippen LogP) is 2.80. The Morgan fingerprint density at radius 2 is 1.71 bits per heavy atom. The number of nitrogens with zero attached hydrogens (tertiary/aromatic N) is 1. The van der Waals surface area contributed by atoms with Crippen LogP contribution in [0.25, 0.3) is 10.9 Å². The Hall–Kier alpha value is -2.88. The molecule has 1 heterocycles. The SMILES string of the molecule is CC(C)(C)OC(=O)N[C@@H](CO)[C@@H](O)c1cc2ccccc2n1S(=O)(=O)c1ccccc1. The summed E-state index contributed by atoms with van der Waals surface area (Å²) >= 11 is 0. The van der Waals surface area contributed by atoms with Crippen LogP contribution in [0.3, 0.4) is 0 Å². The van der Waals surface area contributed by atoms with E-state index >= 15 is 0 Å². The average Bonchev–Trinajstić information content (AvgIpc) is 3.11. The highest BCUT2D eigenvalue weighted by Gasteiger charge is 2.32. The number of hydrogen-bond acceptors (Lipinski definition) is 6. The maximum atomic E-state index is 13.4. The summed E-state index contributed by atoms with van der Waals surface area (Å²) < 4.78 is 33.1. The van der Waals surface area contributed by atoms with Gasteiger partial charge in [0.15, 0.2) is 0 Å². The van der Waals surface area contributed by atoms with Crippen LogP contribution in [0, 0.1) is 0 Å². The molecule has 0 saturated heterocycles. The van der Waals surface area contributed by atoms with Crippen molar-refractivity contribution in [2.75, 3.05) is 6.61 Å². The number of ether oxygens (including phenoxy) is 1. The van der Waals surface area contributed by atoms with E-state index in [4.69, 9.17) is 4.74 Å². The largest absolute Gasteiger partial charge is 0.444 e. The third kappa shape index (κ3) is 4.90. The minimum absolute atomic E-state index is 0.0140. The molecule has 2 atom stereocenters. The van der Waals surface area contributed by atoms with Crippen LogP contribution in [0.5, 0.6) is 0 Å². The molecule has 0 radical (unpaired) electrons. The van der Waals surface area contributed by atoms with Gasteiger partial charge in [-0.05, 0) is 45.0 Å². The number of para-hydroxylation sites is 1. The number of carbonyl (C=O) groups excluding carboxylic acids is 1. The molecule has 0 unspecified atom stereocenters. The molecule has 0 spiro atoms. The summed E-state index contributed by atoms with van der Waals surface area (Å²) in [6.07, 6.45) is -2.36. The zero-order chi connectivity index (χ0) is 22.8. The maximum Gasteiger partial charge on any atom is 0.408 e. The second-order valence-electron chi connectivity index (χ2n) is 8.09. The fourth-order valence-electron chi connectivity index (χ4n) is 3.21. The Morgan fingerprint density at radius 3 is 2.32 bits per heavy atom. The lowest BCUT2D eigenvalue weighted by molar-refractivity contribution is 0.0342. The van der Waals surface area contributed by atoms with Crippen LogP contribution in [0.4, 0.5) is 4.79 Å². The van der Waals surface area contributed by atoms with Gasteiger partial charge in [-0.3, -0.25) is 0 Å². The van der Waals surface area contributed by atoms with E-state index in [1.807, 2.05) is 0 Å². The number of carbonyl (C=O) groups is 1. The zero-order valence-corrected chi connectivity index (χ0v) is 18.3. The summed E-state index contributed by atoms with van der Waals surface area (Å²) in [4.78, 5) is 12.2. The van der Waals surface area contributed by atoms with Crippen molar-refractivity contribution in [3.8, 4) is 0 Å². The van der Waals surface area contributed by atoms with Crippen molar-refractivity contribution in [2.45, 2.75) is 43.4 Å². The Kier molecular flexibility index (Phi) is 6.40. The molecular formula is C22H26N2O6S. The van der Waals surface area contributed by atoms with Gasteiger partial charge in [-0.1, -0.05) is 36.4 Å². The number of hydrogen-bond donors (Lipinski definition) is 3. The lowest BCUT2D eigenvalue weighted by Gasteiger charge is -2.26. The van der Waals surface area contributed by atoms with Gasteiger partial charge in [0.2, 0.25) is 0 Å². The van der Waals surface area contributed by atoms with Gasteiger partial charge in [0.1, 0.15) is 11.7 Å². The summed E-state index contributed by atoms with van der Waals surface area (Å²) in [5.74, 6) is 0. The molecule has 0 saturated carbocycles. The van der Waals surface area contributed by atoms with E-state index in [0.717, 1.165) is 3.97 Å². The highest BCUT2D eigenvalue weighted by molar-refractivity contribution is 7.90. The molecule has 3 N–H and O–H groups in total. The van der Waals surface area contributed by atoms with Crippen molar-refractivity contribution < 1.29 is 28.2 Å². The normalized spacial score (nSPS) is 14.2. The quantitative estimate of drug-likeness (QED) is 0.536. The van der Waals surface area contributed by atoms with E-state index in [1.165, 1.54) is 18.2 Å². The third-order valence-electron chi connectivity index (χ3n) is 4.56. The van der Waals surface area contributed by atoms with Crippen LogP contribution in [-0.2, 0) is 14.8 Å². The molecule has 31 heavy (non-hydrogen) atoms. The van der Waals surface area contributed by atoms with E-state index in [-0.39, 0.29) is 10.6 Å². The maximum absolute atomic E-state index is 13.4. The molecule has 0 aliphatic rings. The first-order valence-corrected chi connectivity index (χ1v) is 11.2. The van der Waals surface area contributed by atoms with Crippen LogP contribution in [-0.4, -0.2) is 46.9 Å². The van der Waals surface area contributed by atoms with E-state index < -0.39 is 40.5 Å². The van der Waals surface area contributed by atoms with Gasteiger partial charge < -0.3 is 20.3 Å². The van der Waals surface area contributed by atoms with Gasteiger partial charge in [0.05, 0.1) is 28.8 Å². The molecule has 0 bridgehead atoms. The Morgan fingerprint density at radius 1 is 1.10 bits per heavy atom. The van der Waals surface area contributed by atoms with Crippen molar-refractivity contribution in [1.29, 1.82) is 0 Å². The molecule has 166 valence electrons. The first-order chi connectivity index (χ1) is 14.5. The number of aliphatic hydroxyl groups excluding tert-OH is 2. The molecule has 9 heteroatoms. The van der Waals surface area contributed by atoms with Crippen LogP contribution in [0.15, 0.2) is 65.6 Å². The molecule has 3 aromatic rings. The summed E-state index contributed by atoms with van der Waals surface area (Å²) in [5.41, 5.74) is -0.393. The monoisotopic (exact) mass is 446 g/mol. The topological polar surface area (TPSA) is 118 Å². The fraction of sp³-hybridized carbons (Fsp3) is 0.318. The second kappa shape index (κ2) is 8.70. The molecule has 0 aliphatic carbocycles. The van der Waals surface area contributed by atoms with E-state index in [9.17, 15) is 23.4 Å². The molecule has 0 fully saturated rings. The zero-order valence-electron chi connectivity index (χ0n) is 17.5. The molecule has 2 aromatic carbocycles. The predicted molar refractivity (Wildman–Crippen MR) is 116 cm³/mol. The number of fused-ring (bicyclic) bond motifs is 1. The lowest BCUT2D eigenvalue weighted by Crippen LogP contribution is -2.45. The number of aliphatic hydroxyl groups is 2. The van der Waals surface area contributed by atoms with Crippen molar-refractivity contribution in [3.05, 3.63) is 66.4 Å². The first-order valence-electron chi connectivity index (χ1n) is 9.74. The highest BCUT2D eigenvalue weighted by atomic mass is 32.2. The van der Waals surface area contributed by atoms with Crippen molar-refractivity contribution in [3.63, 3.8) is 0 Å². The van der Waals surface area contributed by atoms with Crippen molar-refractivity contribution >= 4 is 27.0 Å². The van der Waals surface area contributed by atoms with Gasteiger partial charge in [0.25, 0.3) is 10.0 Å². The molecule has 1 amide bonds. The van der Waals surface area contributed by atoms with Crippen molar-refractivity contribution in [1.82, 2.24) is 9.29 Å². The smallest absolute Gasteiger partial charge is 0.408 e. The Balaban J connectivity index is 2.08. The van der Waals surface area contributed by atoms with Crippen LogP contribution < -0.4 is 5.32 Å². The van der Waals surface area contributed by atoms with Crippen molar-refractivity contribution in [2.24, 2.45) is 0 Å². The van der Waals surface area contributed by atoms with Gasteiger partial charge >= 0.3 is 6.09 Å². The summed E-state index contributed by atoms with van der Waals surface area (Å²) in [5, 5.41) is 23.8. The minimum atomic E-state index is -4.07. The first kappa shape index (κ1) is 22.8.